The Kier molecular flexibility index (Phi) is 4.73. The van der Waals surface area contributed by atoms with Crippen molar-refractivity contribution in [1.29, 1.82) is 0 Å². The van der Waals surface area contributed by atoms with Crippen LogP contribution in [-0.2, 0) is 24.4 Å². The number of fused-ring (bicyclic) bond motifs is 1. The molecule has 2 aromatic heterocycles. The van der Waals surface area contributed by atoms with Crippen molar-refractivity contribution in [1.82, 2.24) is 14.7 Å². The van der Waals surface area contributed by atoms with Crippen LogP contribution in [0.2, 0.25) is 0 Å². The Balaban J connectivity index is 1.77. The lowest BCUT2D eigenvalue weighted by Crippen LogP contribution is -2.34. The minimum absolute atomic E-state index is 0.389. The molecule has 4 nitrogen and oxygen atoms in total. The molecule has 0 radical (unpaired) electrons. The van der Waals surface area contributed by atoms with Crippen molar-refractivity contribution < 1.29 is 4.74 Å². The van der Waals surface area contributed by atoms with E-state index in [1.807, 2.05) is 0 Å². The third kappa shape index (κ3) is 3.36. The maximum atomic E-state index is 5.68. The van der Waals surface area contributed by atoms with Crippen LogP contribution in [0.25, 0.3) is 0 Å². The van der Waals surface area contributed by atoms with Gasteiger partial charge in [0, 0.05) is 50.5 Å². The first kappa shape index (κ1) is 14.8. The molecule has 1 aliphatic heterocycles. The summed E-state index contributed by atoms with van der Waals surface area (Å²) in [4.78, 5) is 2.51. The van der Waals surface area contributed by atoms with E-state index in [9.17, 15) is 0 Å². The van der Waals surface area contributed by atoms with Crippen LogP contribution in [0, 0.1) is 0 Å². The van der Waals surface area contributed by atoms with Crippen LogP contribution in [0.4, 0.5) is 0 Å². The molecule has 2 aromatic rings. The zero-order valence-electron chi connectivity index (χ0n) is 12.8. The minimum atomic E-state index is 0.389. The summed E-state index contributed by atoms with van der Waals surface area (Å²) >= 11 is 1.77. The number of nitrogens with zero attached hydrogens (tertiary/aromatic N) is 3. The molecular weight excluding hydrogens is 282 g/mol. The molecule has 21 heavy (non-hydrogen) atoms. The van der Waals surface area contributed by atoms with Crippen LogP contribution in [0.3, 0.4) is 0 Å². The number of ether oxygens (including phenoxy) is 1. The second-order valence-corrected chi connectivity index (χ2v) is 6.33. The standard InChI is InChI=1S/C16H23N3OS/c1-3-19-10-14-8-18(7-13-5-6-21-12-13)9-15(11-20-4-2)16(14)17-19/h5-6,10,12,15H,3-4,7-9,11H2,1-2H3/t15-/m1/s1. The minimum Gasteiger partial charge on any atom is -0.381 e. The second kappa shape index (κ2) is 6.73. The molecule has 1 atom stereocenters. The van der Waals surface area contributed by atoms with Gasteiger partial charge in [-0.3, -0.25) is 9.58 Å². The molecule has 0 saturated carbocycles. The van der Waals surface area contributed by atoms with Crippen molar-refractivity contribution in [3.8, 4) is 0 Å². The summed E-state index contributed by atoms with van der Waals surface area (Å²) < 4.78 is 7.74. The lowest BCUT2D eigenvalue weighted by molar-refractivity contribution is 0.104. The normalized spacial score (nSPS) is 18.9. The third-order valence-electron chi connectivity index (χ3n) is 3.96. The Morgan fingerprint density at radius 3 is 3.05 bits per heavy atom. The van der Waals surface area contributed by atoms with Gasteiger partial charge in [0.15, 0.2) is 0 Å². The van der Waals surface area contributed by atoms with E-state index in [1.165, 1.54) is 16.8 Å². The van der Waals surface area contributed by atoms with E-state index in [0.29, 0.717) is 5.92 Å². The summed E-state index contributed by atoms with van der Waals surface area (Å²) in [5.74, 6) is 0.389. The highest BCUT2D eigenvalue weighted by Crippen LogP contribution is 2.28. The van der Waals surface area contributed by atoms with Crippen LogP contribution >= 0.6 is 11.3 Å². The van der Waals surface area contributed by atoms with E-state index in [0.717, 1.165) is 39.4 Å². The van der Waals surface area contributed by atoms with Crippen molar-refractivity contribution in [2.45, 2.75) is 39.4 Å². The van der Waals surface area contributed by atoms with Crippen molar-refractivity contribution in [3.05, 3.63) is 39.8 Å². The Labute approximate surface area is 130 Å². The molecule has 0 fully saturated rings. The molecule has 0 saturated heterocycles. The van der Waals surface area contributed by atoms with Gasteiger partial charge in [0.05, 0.1) is 12.3 Å². The lowest BCUT2D eigenvalue weighted by Gasteiger charge is -2.31. The summed E-state index contributed by atoms with van der Waals surface area (Å²) in [6.07, 6.45) is 2.20. The number of hydrogen-bond donors (Lipinski definition) is 0. The molecule has 1 aliphatic rings. The first-order valence-electron chi connectivity index (χ1n) is 7.67. The molecule has 0 amide bonds. The summed E-state index contributed by atoms with van der Waals surface area (Å²) in [7, 11) is 0. The molecule has 0 bridgehead atoms. The fourth-order valence-corrected chi connectivity index (χ4v) is 3.62. The lowest BCUT2D eigenvalue weighted by atomic mass is 9.97. The first-order valence-corrected chi connectivity index (χ1v) is 8.61. The Morgan fingerprint density at radius 2 is 2.33 bits per heavy atom. The number of thiophene rings is 1. The molecule has 0 spiro atoms. The fourth-order valence-electron chi connectivity index (χ4n) is 2.96. The van der Waals surface area contributed by atoms with E-state index in [1.54, 1.807) is 11.3 Å². The highest BCUT2D eigenvalue weighted by atomic mass is 32.1. The van der Waals surface area contributed by atoms with E-state index in [-0.39, 0.29) is 0 Å². The molecule has 3 heterocycles. The van der Waals surface area contributed by atoms with Gasteiger partial charge in [0.1, 0.15) is 0 Å². The van der Waals surface area contributed by atoms with E-state index >= 15 is 0 Å². The molecule has 3 rings (SSSR count). The van der Waals surface area contributed by atoms with Gasteiger partial charge in [0.2, 0.25) is 0 Å². The van der Waals surface area contributed by atoms with Crippen molar-refractivity contribution in [3.63, 3.8) is 0 Å². The van der Waals surface area contributed by atoms with E-state index in [4.69, 9.17) is 9.84 Å². The number of hydrogen-bond acceptors (Lipinski definition) is 4. The molecular formula is C16H23N3OS. The van der Waals surface area contributed by atoms with Crippen LogP contribution in [0.1, 0.15) is 36.6 Å². The van der Waals surface area contributed by atoms with Crippen molar-refractivity contribution in [2.75, 3.05) is 19.8 Å². The van der Waals surface area contributed by atoms with E-state index in [2.05, 4.69) is 46.5 Å². The number of aryl methyl sites for hydroxylation is 1. The van der Waals surface area contributed by atoms with Gasteiger partial charge in [-0.1, -0.05) is 0 Å². The Morgan fingerprint density at radius 1 is 1.43 bits per heavy atom. The van der Waals surface area contributed by atoms with Gasteiger partial charge in [0.25, 0.3) is 0 Å². The monoisotopic (exact) mass is 305 g/mol. The van der Waals surface area contributed by atoms with Gasteiger partial charge in [-0.05, 0) is 36.2 Å². The second-order valence-electron chi connectivity index (χ2n) is 5.55. The summed E-state index contributed by atoms with van der Waals surface area (Å²) in [6.45, 7) is 9.70. The summed E-state index contributed by atoms with van der Waals surface area (Å²) in [6, 6.07) is 2.22. The van der Waals surface area contributed by atoms with Gasteiger partial charge in [-0.2, -0.15) is 16.4 Å². The maximum Gasteiger partial charge on any atom is 0.0736 e. The number of rotatable bonds is 6. The highest BCUT2D eigenvalue weighted by Gasteiger charge is 2.28. The van der Waals surface area contributed by atoms with Crippen molar-refractivity contribution in [2.24, 2.45) is 0 Å². The van der Waals surface area contributed by atoms with Crippen LogP contribution in [0.15, 0.2) is 23.0 Å². The number of aromatic nitrogens is 2. The summed E-state index contributed by atoms with van der Waals surface area (Å²) in [5.41, 5.74) is 4.01. The summed E-state index contributed by atoms with van der Waals surface area (Å²) in [5, 5.41) is 9.14. The maximum absolute atomic E-state index is 5.68. The molecule has 5 heteroatoms. The van der Waals surface area contributed by atoms with Crippen LogP contribution in [0.5, 0.6) is 0 Å². The largest absolute Gasteiger partial charge is 0.381 e. The smallest absolute Gasteiger partial charge is 0.0736 e. The van der Waals surface area contributed by atoms with Gasteiger partial charge < -0.3 is 4.74 Å². The van der Waals surface area contributed by atoms with Gasteiger partial charge >= 0.3 is 0 Å². The predicted octanol–water partition coefficient (Wildman–Crippen LogP) is 3.10. The fraction of sp³-hybridized carbons (Fsp3) is 0.562. The molecule has 114 valence electrons. The van der Waals surface area contributed by atoms with E-state index < -0.39 is 0 Å². The quantitative estimate of drug-likeness (QED) is 0.821. The van der Waals surface area contributed by atoms with Gasteiger partial charge in [-0.25, -0.2) is 0 Å². The average molecular weight is 305 g/mol. The zero-order chi connectivity index (χ0) is 14.7. The Bertz CT molecular complexity index is 564. The predicted molar refractivity (Wildman–Crippen MR) is 85.6 cm³/mol. The molecule has 0 aromatic carbocycles. The SMILES string of the molecule is CCOC[C@H]1CN(Cc2ccsc2)Cc2cn(CC)nc21. The molecule has 0 N–H and O–H groups in total. The van der Waals surface area contributed by atoms with Crippen LogP contribution in [-0.4, -0.2) is 34.4 Å². The third-order valence-corrected chi connectivity index (χ3v) is 4.69. The zero-order valence-corrected chi connectivity index (χ0v) is 13.6. The average Bonchev–Trinajstić information content (AvgIpc) is 3.13. The first-order chi connectivity index (χ1) is 10.3. The molecule has 0 aliphatic carbocycles. The topological polar surface area (TPSA) is 30.3 Å². The van der Waals surface area contributed by atoms with Crippen LogP contribution < -0.4 is 0 Å². The molecule has 0 unspecified atom stereocenters. The Hall–Kier alpha value is -1.17. The van der Waals surface area contributed by atoms with Gasteiger partial charge in [-0.15, -0.1) is 0 Å². The van der Waals surface area contributed by atoms with Crippen molar-refractivity contribution >= 4 is 11.3 Å². The highest BCUT2D eigenvalue weighted by molar-refractivity contribution is 7.07.